The van der Waals surface area contributed by atoms with Gasteiger partial charge in [0.1, 0.15) is 40.2 Å². The van der Waals surface area contributed by atoms with Crippen LogP contribution in [-0.2, 0) is 31.3 Å². The monoisotopic (exact) mass is 1600 g/mol. The molecule has 105 heavy (non-hydrogen) atoms. The van der Waals surface area contributed by atoms with Gasteiger partial charge in [0.2, 0.25) is 0 Å². The van der Waals surface area contributed by atoms with Crippen molar-refractivity contribution in [2.24, 2.45) is 0 Å². The Balaban J connectivity index is 0.000000272. The Kier molecular flexibility index (Phi) is 29.3. The van der Waals surface area contributed by atoms with Crippen molar-refractivity contribution < 1.29 is 150 Å². The van der Waals surface area contributed by atoms with Gasteiger partial charge < -0.3 is 33.2 Å². The van der Waals surface area contributed by atoms with Crippen LogP contribution in [-0.4, -0.2) is 104 Å². The van der Waals surface area contributed by atoms with Crippen LogP contribution in [0.2, 0.25) is 0 Å². The zero-order valence-electron chi connectivity index (χ0n) is 53.5. The first kappa shape index (κ1) is 86.5. The molecule has 8 aromatic carbocycles. The number of halogens is 23. The molecule has 0 aliphatic heterocycles. The molecule has 0 amide bonds. The van der Waals surface area contributed by atoms with E-state index in [-0.39, 0.29) is 28.7 Å². The first-order chi connectivity index (χ1) is 48.9. The number of rotatable bonds is 22. The Morgan fingerprint density at radius 3 is 0.638 bits per heavy atom. The van der Waals surface area contributed by atoms with Crippen molar-refractivity contribution in [2.75, 3.05) is 0 Å². The van der Waals surface area contributed by atoms with Crippen molar-refractivity contribution in [3.8, 4) is 40.2 Å². The zero-order chi connectivity index (χ0) is 78.6. The van der Waals surface area contributed by atoms with E-state index in [0.29, 0.717) is 57.6 Å². The number of hydrogen-bond donors (Lipinski definition) is 0. The SMILES string of the molecule is CC(c1ccc(OC(F)=C(F)F)cc1)(c1ccc(OC(F)=C(F)F)cc1)c1ccc(OC(F)=C(F)F)cc1.Cc1ccc(C(C)(c2ccc(OC(F)=C(F)F)cc2)c2ccc(OC3(F)C(F)(F)C(F)(F)C3(F)Oc3ccc(S(=O)(=O)F)cc3)cc2)cc1.O=S(=O)(F)c1ccc(OC(F)=C(F)F)cc1.[K][K]. The van der Waals surface area contributed by atoms with Gasteiger partial charge in [-0.15, -0.1) is 7.77 Å². The minimum absolute atomic E-state index is 0.250. The molecule has 1 aliphatic rings. The second-order valence-corrected chi connectivity index (χ2v) is 24.0. The normalized spacial score (nSPS) is 16.1. The molecule has 0 radical (unpaired) electrons. The van der Waals surface area contributed by atoms with E-state index in [1.807, 2.05) is 6.92 Å². The third-order valence-corrected chi connectivity index (χ3v) is 16.6. The quantitative estimate of drug-likeness (QED) is 0.0211. The molecule has 1 fully saturated rings. The molecular formula is C67H41F23K2O11S2. The predicted octanol–water partition coefficient (Wildman–Crippen LogP) is 20.8. The summed E-state index contributed by atoms with van der Waals surface area (Å²) in [6.45, 7) is 5.19. The molecule has 8 aromatic rings. The molecule has 0 saturated heterocycles. The summed E-state index contributed by atoms with van der Waals surface area (Å²) in [4.78, 5) is -1.67. The molecule has 3 unspecified atom stereocenters. The van der Waals surface area contributed by atoms with E-state index < -0.39 is 137 Å². The van der Waals surface area contributed by atoms with Crippen molar-refractivity contribution in [2.45, 2.75) is 64.9 Å². The molecule has 550 valence electrons. The van der Waals surface area contributed by atoms with Gasteiger partial charge >= 0.3 is 168 Å². The van der Waals surface area contributed by atoms with E-state index in [2.05, 4.69) is 33.2 Å². The number of ether oxygens (including phenoxy) is 7. The first-order valence-electron chi connectivity index (χ1n) is 29.0. The molecule has 11 nitrogen and oxygen atoms in total. The van der Waals surface area contributed by atoms with Crippen molar-refractivity contribution in [1.82, 2.24) is 0 Å². The van der Waals surface area contributed by atoms with E-state index in [1.54, 1.807) is 38.1 Å². The second kappa shape index (κ2) is 35.6. The van der Waals surface area contributed by atoms with Crippen molar-refractivity contribution in [3.05, 3.63) is 294 Å². The summed E-state index contributed by atoms with van der Waals surface area (Å²) in [5.41, 5.74) is 1.47. The molecule has 0 heterocycles. The van der Waals surface area contributed by atoms with E-state index >= 15 is 8.78 Å². The topological polar surface area (TPSA) is 133 Å². The Labute approximate surface area is 625 Å². The van der Waals surface area contributed by atoms with Crippen molar-refractivity contribution in [1.29, 1.82) is 0 Å². The first-order valence-corrected chi connectivity index (χ1v) is 47.8. The van der Waals surface area contributed by atoms with Gasteiger partial charge in [-0.25, -0.2) is 0 Å². The third-order valence-electron chi connectivity index (χ3n) is 14.9. The van der Waals surface area contributed by atoms with Gasteiger partial charge in [-0.3, -0.25) is 0 Å². The molecule has 0 N–H and O–H groups in total. The van der Waals surface area contributed by atoms with Crippen LogP contribution < -0.4 is 33.2 Å². The van der Waals surface area contributed by atoms with Gasteiger partial charge in [-0.05, 0) is 163 Å². The van der Waals surface area contributed by atoms with Gasteiger partial charge in [0, 0.05) is 10.8 Å². The number of hydrogen-bond acceptors (Lipinski definition) is 11. The zero-order valence-corrected chi connectivity index (χ0v) is 61.4. The fourth-order valence-corrected chi connectivity index (χ4v) is 10.5. The van der Waals surface area contributed by atoms with Crippen LogP contribution in [0, 0.1) is 6.92 Å². The predicted molar refractivity (Wildman–Crippen MR) is 329 cm³/mol. The Bertz CT molecular complexity index is 4570. The van der Waals surface area contributed by atoms with Crippen LogP contribution in [0.15, 0.2) is 264 Å². The van der Waals surface area contributed by atoms with Crippen LogP contribution in [0.25, 0.3) is 0 Å². The van der Waals surface area contributed by atoms with E-state index in [4.69, 9.17) is 0 Å². The molecule has 3 atom stereocenters. The molecule has 0 spiro atoms. The van der Waals surface area contributed by atoms with E-state index in [9.17, 15) is 108 Å². The summed E-state index contributed by atoms with van der Waals surface area (Å²) < 4.78 is 376. The Morgan fingerprint density at radius 1 is 0.295 bits per heavy atom. The van der Waals surface area contributed by atoms with Gasteiger partial charge in [-0.1, -0.05) is 90.5 Å². The fraction of sp³-hybridized carbons (Fsp3) is 0.134. The number of aryl methyl sites for hydroxylation is 1. The molecule has 0 bridgehead atoms. The average molecular weight is 1600 g/mol. The van der Waals surface area contributed by atoms with Crippen molar-refractivity contribution in [3.63, 3.8) is 0 Å². The number of alkyl halides is 6. The molecule has 9 rings (SSSR count). The summed E-state index contributed by atoms with van der Waals surface area (Å²) in [6.07, 6.45) is -13.3. The van der Waals surface area contributed by atoms with Gasteiger partial charge in [-0.2, -0.15) is 109 Å². The van der Waals surface area contributed by atoms with Gasteiger partial charge in [0.05, 0.1) is 9.79 Å². The molecule has 1 aliphatic carbocycles. The second-order valence-electron chi connectivity index (χ2n) is 21.3. The van der Waals surface area contributed by atoms with Crippen LogP contribution in [0.3, 0.4) is 0 Å². The molecular weight excluding hydrogens is 1560 g/mol. The molecule has 38 heteroatoms. The van der Waals surface area contributed by atoms with E-state index in [1.165, 1.54) is 172 Å². The Hall–Kier alpha value is -7.38. The summed E-state index contributed by atoms with van der Waals surface area (Å²) in [5.74, 6) is -25.1. The maximum absolute atomic E-state index is 15.8. The summed E-state index contributed by atoms with van der Waals surface area (Å²) in [6, 6.07) is 27.0. The Morgan fingerprint density at radius 2 is 0.457 bits per heavy atom. The van der Waals surface area contributed by atoms with E-state index in [0.717, 1.165) is 42.0 Å². The summed E-state index contributed by atoms with van der Waals surface area (Å²) >= 11 is 2.50. The van der Waals surface area contributed by atoms with Crippen LogP contribution >= 0.6 is 0 Å². The summed E-state index contributed by atoms with van der Waals surface area (Å²) in [7, 11) is -10.2. The third kappa shape index (κ3) is 20.3. The fourth-order valence-electron chi connectivity index (χ4n) is 9.55. The molecule has 0 aromatic heterocycles. The standard InChI is InChI=1S/C33H22F10O5S.C26H15F9O3.C8H4F4O3S.2K/c1-19-3-5-20(6-4-19)29(2,21-7-11-23(12-8-21)46-28(36)27(34)35)22-9-13-24(14-10-22)47-32(41)30(37,38)31(39,40)33(32,42)48-25-15-17-26(18-16-25)49(43,44)45;1-26(14-2-8-17(9-3-14)36-23(33)20(27)28,15-4-10-18(11-5-15)37-24(34)21(29)30)16-6-12-19(13-7-16)38-25(35)22(31)32;9-7(10)8(11)15-5-1-3-6(4-2-5)16(12,13)14;;/h3-18H,1-2H3;2-13H,1H3;1-4H;;. The number of benzene rings is 8. The van der Waals surface area contributed by atoms with Crippen molar-refractivity contribution >= 4 is 83.6 Å². The molecule has 1 saturated carbocycles. The van der Waals surface area contributed by atoms with Gasteiger partial charge in [0.25, 0.3) is 0 Å². The van der Waals surface area contributed by atoms with Crippen LogP contribution in [0.4, 0.5) is 100.0 Å². The van der Waals surface area contributed by atoms with Gasteiger partial charge in [0.15, 0.2) is 0 Å². The average Bonchev–Trinajstić information content (AvgIpc) is 0.655. The maximum atomic E-state index is 15.8. The minimum atomic E-state index is -5.80. The van der Waals surface area contributed by atoms with Crippen LogP contribution in [0.5, 0.6) is 40.2 Å². The van der Waals surface area contributed by atoms with Crippen LogP contribution in [0.1, 0.15) is 52.8 Å². The summed E-state index contributed by atoms with van der Waals surface area (Å²) in [5, 5.41) is 0.